The van der Waals surface area contributed by atoms with E-state index in [1.54, 1.807) is 29.2 Å². The molecule has 2 aliphatic rings. The van der Waals surface area contributed by atoms with Gasteiger partial charge in [0, 0.05) is 13.1 Å². The van der Waals surface area contributed by atoms with E-state index < -0.39 is 6.03 Å². The molecule has 6 nitrogen and oxygen atoms in total. The van der Waals surface area contributed by atoms with Gasteiger partial charge in [-0.05, 0) is 47.9 Å². The zero-order valence-electron chi connectivity index (χ0n) is 17.3. The average molecular weight is 431 g/mol. The number of benzene rings is 3. The highest BCUT2D eigenvalue weighted by atomic mass is 19.1. The van der Waals surface area contributed by atoms with Crippen LogP contribution in [0.4, 0.5) is 14.9 Å². The van der Waals surface area contributed by atoms with Gasteiger partial charge in [-0.2, -0.15) is 0 Å². The third-order valence-corrected chi connectivity index (χ3v) is 5.92. The van der Waals surface area contributed by atoms with Gasteiger partial charge in [0.15, 0.2) is 5.75 Å². The van der Waals surface area contributed by atoms with Crippen molar-refractivity contribution < 1.29 is 18.7 Å². The molecular formula is C25H22FN3O3. The lowest BCUT2D eigenvalue weighted by atomic mass is 9.90. The number of hydrogen-bond donors (Lipinski definition) is 1. The van der Waals surface area contributed by atoms with Gasteiger partial charge in [-0.25, -0.2) is 9.18 Å². The number of rotatable bonds is 3. The molecule has 1 saturated heterocycles. The fourth-order valence-corrected chi connectivity index (χ4v) is 4.35. The van der Waals surface area contributed by atoms with Crippen LogP contribution in [0.5, 0.6) is 11.5 Å². The van der Waals surface area contributed by atoms with E-state index in [9.17, 15) is 14.0 Å². The van der Waals surface area contributed by atoms with Crippen molar-refractivity contribution in [3.8, 4) is 11.5 Å². The van der Waals surface area contributed by atoms with Gasteiger partial charge in [0.25, 0.3) is 0 Å². The van der Waals surface area contributed by atoms with E-state index in [0.717, 1.165) is 5.56 Å². The van der Waals surface area contributed by atoms with Crippen LogP contribution in [0, 0.1) is 5.82 Å². The van der Waals surface area contributed by atoms with E-state index in [2.05, 4.69) is 5.32 Å². The second-order valence-electron chi connectivity index (χ2n) is 7.88. The number of para-hydroxylation sites is 3. The van der Waals surface area contributed by atoms with Crippen LogP contribution in [-0.2, 0) is 11.2 Å². The van der Waals surface area contributed by atoms with Crippen LogP contribution in [0.1, 0.15) is 17.2 Å². The molecule has 0 radical (unpaired) electrons. The zero-order valence-corrected chi connectivity index (χ0v) is 17.3. The van der Waals surface area contributed by atoms with Crippen molar-refractivity contribution in [1.82, 2.24) is 9.80 Å². The number of hydrogen-bond acceptors (Lipinski definition) is 3. The van der Waals surface area contributed by atoms with Gasteiger partial charge in [0.1, 0.15) is 18.1 Å². The first-order valence-corrected chi connectivity index (χ1v) is 10.5. The lowest BCUT2D eigenvalue weighted by Crippen LogP contribution is -2.56. The summed E-state index contributed by atoms with van der Waals surface area (Å²) < 4.78 is 20.2. The second-order valence-corrected chi connectivity index (χ2v) is 7.88. The van der Waals surface area contributed by atoms with Crippen molar-refractivity contribution in [2.45, 2.75) is 12.5 Å². The summed E-state index contributed by atoms with van der Waals surface area (Å²) in [6, 6.07) is 20.6. The molecule has 1 unspecified atom stereocenters. The Hall–Kier alpha value is -3.87. The Morgan fingerprint density at radius 2 is 1.78 bits per heavy atom. The molecule has 0 spiro atoms. The number of nitrogens with one attached hydrogen (secondary N) is 1. The predicted molar refractivity (Wildman–Crippen MR) is 118 cm³/mol. The van der Waals surface area contributed by atoms with E-state index in [1.165, 1.54) is 11.0 Å². The molecule has 1 N–H and O–H groups in total. The molecule has 3 aromatic rings. The first-order valence-electron chi connectivity index (χ1n) is 10.5. The van der Waals surface area contributed by atoms with Crippen molar-refractivity contribution in [3.63, 3.8) is 0 Å². The molecule has 3 aromatic carbocycles. The molecule has 3 amide bonds. The molecule has 0 bridgehead atoms. The fraction of sp³-hybridized carbons (Fsp3) is 0.200. The number of anilines is 1. The van der Waals surface area contributed by atoms with E-state index in [0.29, 0.717) is 42.3 Å². The van der Waals surface area contributed by atoms with Crippen LogP contribution in [0.3, 0.4) is 0 Å². The van der Waals surface area contributed by atoms with Crippen LogP contribution in [0.15, 0.2) is 72.8 Å². The Morgan fingerprint density at radius 3 is 2.62 bits per heavy atom. The molecular weight excluding hydrogens is 409 g/mol. The Labute approximate surface area is 185 Å². The highest BCUT2D eigenvalue weighted by Crippen LogP contribution is 2.35. The van der Waals surface area contributed by atoms with Gasteiger partial charge in [0.05, 0.1) is 11.7 Å². The van der Waals surface area contributed by atoms with Crippen LogP contribution in [-0.4, -0.2) is 41.4 Å². The summed E-state index contributed by atoms with van der Waals surface area (Å²) in [5, 5.41) is 2.87. The van der Waals surface area contributed by atoms with Crippen LogP contribution >= 0.6 is 0 Å². The Bertz CT molecular complexity index is 1170. The van der Waals surface area contributed by atoms with Crippen molar-refractivity contribution in [2.75, 3.05) is 25.0 Å². The van der Waals surface area contributed by atoms with Gasteiger partial charge in [0.2, 0.25) is 5.91 Å². The van der Waals surface area contributed by atoms with Gasteiger partial charge < -0.3 is 19.9 Å². The maximum absolute atomic E-state index is 14.3. The molecule has 0 aromatic heterocycles. The van der Waals surface area contributed by atoms with Crippen LogP contribution < -0.4 is 10.1 Å². The van der Waals surface area contributed by atoms with Crippen molar-refractivity contribution in [3.05, 3.63) is 89.7 Å². The number of halogens is 1. The topological polar surface area (TPSA) is 61.9 Å². The maximum Gasteiger partial charge on any atom is 0.322 e. The van der Waals surface area contributed by atoms with Crippen molar-refractivity contribution >= 4 is 17.6 Å². The molecule has 0 aliphatic carbocycles. The molecule has 7 heteroatoms. The largest absolute Gasteiger partial charge is 0.455 e. The number of carbonyl (C=O) groups excluding carboxylic acids is 2. The highest BCUT2D eigenvalue weighted by Gasteiger charge is 2.39. The summed E-state index contributed by atoms with van der Waals surface area (Å²) >= 11 is 0. The lowest BCUT2D eigenvalue weighted by Gasteiger charge is -2.44. The third-order valence-electron chi connectivity index (χ3n) is 5.92. The fourth-order valence-electron chi connectivity index (χ4n) is 4.35. The number of nitrogens with zero attached hydrogens (tertiary/aromatic N) is 2. The number of fused-ring (bicyclic) bond motifs is 3. The Balaban J connectivity index is 1.36. The van der Waals surface area contributed by atoms with Gasteiger partial charge in [-0.3, -0.25) is 4.79 Å². The number of ether oxygens (including phenoxy) is 1. The van der Waals surface area contributed by atoms with E-state index >= 15 is 0 Å². The summed E-state index contributed by atoms with van der Waals surface area (Å²) in [4.78, 5) is 29.1. The number of amides is 3. The summed E-state index contributed by atoms with van der Waals surface area (Å²) in [5.74, 6) is 0.754. The van der Waals surface area contributed by atoms with Gasteiger partial charge in [-0.1, -0.05) is 42.5 Å². The standard InChI is InChI=1S/C25H22FN3O3/c26-20-10-6-9-19-18(20)13-14-29-22(19)15-28(16-24(29)30)25(31)27-21-11-4-5-12-23(21)32-17-7-2-1-3-8-17/h1-12,22H,13-16H2,(H,27,31). The number of urea groups is 1. The average Bonchev–Trinajstić information content (AvgIpc) is 2.81. The first kappa shape index (κ1) is 20.1. The molecule has 1 fully saturated rings. The molecule has 2 heterocycles. The molecule has 1 atom stereocenters. The zero-order chi connectivity index (χ0) is 22.1. The van der Waals surface area contributed by atoms with Crippen molar-refractivity contribution in [1.29, 1.82) is 0 Å². The SMILES string of the molecule is O=C(Nc1ccccc1Oc1ccccc1)N1CC(=O)N2CCc3c(F)cccc3C2C1. The molecule has 0 saturated carbocycles. The Morgan fingerprint density at radius 1 is 1.00 bits per heavy atom. The second kappa shape index (κ2) is 8.34. The minimum absolute atomic E-state index is 0.0192. The van der Waals surface area contributed by atoms with Gasteiger partial charge in [-0.15, -0.1) is 0 Å². The smallest absolute Gasteiger partial charge is 0.322 e. The maximum atomic E-state index is 14.3. The molecule has 32 heavy (non-hydrogen) atoms. The predicted octanol–water partition coefficient (Wildman–Crippen LogP) is 4.59. The van der Waals surface area contributed by atoms with Crippen LogP contribution in [0.2, 0.25) is 0 Å². The first-order chi connectivity index (χ1) is 15.6. The minimum Gasteiger partial charge on any atom is -0.455 e. The summed E-state index contributed by atoms with van der Waals surface area (Å²) in [7, 11) is 0. The van der Waals surface area contributed by atoms with E-state index in [1.807, 2.05) is 42.5 Å². The summed E-state index contributed by atoms with van der Waals surface area (Å²) in [6.07, 6.45) is 0.487. The van der Waals surface area contributed by atoms with E-state index in [-0.39, 0.29) is 24.3 Å². The molecule has 162 valence electrons. The van der Waals surface area contributed by atoms with Crippen molar-refractivity contribution in [2.24, 2.45) is 0 Å². The van der Waals surface area contributed by atoms with Crippen LogP contribution in [0.25, 0.3) is 0 Å². The number of carbonyl (C=O) groups is 2. The summed E-state index contributed by atoms with van der Waals surface area (Å²) in [6.45, 7) is 0.741. The Kier molecular flexibility index (Phi) is 5.23. The normalized spacial score (nSPS) is 17.4. The monoisotopic (exact) mass is 431 g/mol. The van der Waals surface area contributed by atoms with E-state index in [4.69, 9.17) is 4.74 Å². The molecule has 2 aliphatic heterocycles. The van der Waals surface area contributed by atoms with Gasteiger partial charge >= 0.3 is 6.03 Å². The minimum atomic E-state index is -0.398. The molecule has 5 rings (SSSR count). The lowest BCUT2D eigenvalue weighted by molar-refractivity contribution is -0.139. The quantitative estimate of drug-likeness (QED) is 0.660. The highest BCUT2D eigenvalue weighted by molar-refractivity contribution is 5.94. The third kappa shape index (κ3) is 3.77. The number of piperazine rings is 1. The summed E-state index contributed by atoms with van der Waals surface area (Å²) in [5.41, 5.74) is 1.91.